The van der Waals surface area contributed by atoms with Crippen molar-refractivity contribution in [1.82, 2.24) is 0 Å². The SMILES string of the molecule is [SiH3]OC(Cl)C(Cl)CCl. The van der Waals surface area contributed by atoms with Crippen molar-refractivity contribution in [2.24, 2.45) is 0 Å². The zero-order valence-electron chi connectivity index (χ0n) is 4.40. The fraction of sp³-hybridized carbons (Fsp3) is 1.00. The summed E-state index contributed by atoms with van der Waals surface area (Å²) in [4.78, 5) is 0. The van der Waals surface area contributed by atoms with E-state index in [1.54, 1.807) is 0 Å². The molecule has 2 unspecified atom stereocenters. The van der Waals surface area contributed by atoms with Crippen LogP contribution in [0.1, 0.15) is 0 Å². The lowest BCUT2D eigenvalue weighted by molar-refractivity contribution is 0.309. The predicted molar refractivity (Wildman–Crippen MR) is 41.0 cm³/mol. The summed E-state index contributed by atoms with van der Waals surface area (Å²) >= 11 is 16.4. The van der Waals surface area contributed by atoms with Crippen LogP contribution in [0.3, 0.4) is 0 Å². The molecule has 0 spiro atoms. The van der Waals surface area contributed by atoms with Crippen LogP contribution in [0.4, 0.5) is 0 Å². The van der Waals surface area contributed by atoms with Crippen LogP contribution < -0.4 is 0 Å². The topological polar surface area (TPSA) is 9.23 Å². The van der Waals surface area contributed by atoms with E-state index in [-0.39, 0.29) is 5.38 Å². The van der Waals surface area contributed by atoms with E-state index in [4.69, 9.17) is 39.2 Å². The van der Waals surface area contributed by atoms with Gasteiger partial charge in [-0.05, 0) is 0 Å². The molecule has 0 aliphatic heterocycles. The Hall–Kier alpha value is 1.05. The lowest BCUT2D eigenvalue weighted by atomic mass is 10.5. The maximum Gasteiger partial charge on any atom is 0.148 e. The number of alkyl halides is 3. The smallest absolute Gasteiger partial charge is 0.148 e. The first kappa shape index (κ1) is 9.05. The summed E-state index contributed by atoms with van der Waals surface area (Å²) in [5.41, 5.74) is -0.416. The highest BCUT2D eigenvalue weighted by Gasteiger charge is 2.12. The second-order valence-electron chi connectivity index (χ2n) is 1.26. The van der Waals surface area contributed by atoms with Crippen molar-refractivity contribution in [1.29, 1.82) is 0 Å². The third-order valence-corrected chi connectivity index (χ3v) is 2.95. The van der Waals surface area contributed by atoms with Gasteiger partial charge in [-0.3, -0.25) is 0 Å². The van der Waals surface area contributed by atoms with Crippen LogP contribution in [0.2, 0.25) is 0 Å². The van der Waals surface area contributed by atoms with Crippen molar-refractivity contribution in [2.45, 2.75) is 10.9 Å². The first-order chi connectivity index (χ1) is 3.72. The lowest BCUT2D eigenvalue weighted by Crippen LogP contribution is -2.18. The minimum Gasteiger partial charge on any atom is -0.411 e. The lowest BCUT2D eigenvalue weighted by Gasteiger charge is -2.10. The highest BCUT2D eigenvalue weighted by Crippen LogP contribution is 2.10. The fourth-order valence-electron chi connectivity index (χ4n) is 0.218. The molecule has 0 rings (SSSR count). The Labute approximate surface area is 66.8 Å². The molecule has 5 heteroatoms. The molecule has 0 fully saturated rings. The summed E-state index contributed by atoms with van der Waals surface area (Å²) in [7, 11) is 0.600. The van der Waals surface area contributed by atoms with Crippen LogP contribution in [0.25, 0.3) is 0 Å². The molecular formula is C3H7Cl3OSi. The molecule has 0 saturated heterocycles. The van der Waals surface area contributed by atoms with E-state index in [1.807, 2.05) is 0 Å². The minimum atomic E-state index is -0.416. The maximum atomic E-state index is 5.55. The molecule has 0 aliphatic carbocycles. The number of hydrogen-bond acceptors (Lipinski definition) is 1. The molecule has 0 heterocycles. The van der Waals surface area contributed by atoms with Crippen molar-refractivity contribution >= 4 is 45.3 Å². The Morgan fingerprint density at radius 1 is 1.50 bits per heavy atom. The van der Waals surface area contributed by atoms with E-state index in [9.17, 15) is 0 Å². The van der Waals surface area contributed by atoms with Crippen LogP contribution >= 0.6 is 34.8 Å². The molecule has 0 radical (unpaired) electrons. The van der Waals surface area contributed by atoms with Gasteiger partial charge in [-0.1, -0.05) is 11.6 Å². The summed E-state index contributed by atoms with van der Waals surface area (Å²) in [6.45, 7) is 0. The van der Waals surface area contributed by atoms with Crippen LogP contribution in [-0.2, 0) is 4.43 Å². The second-order valence-corrected chi connectivity index (χ2v) is 3.03. The normalized spacial score (nSPS) is 18.4. The molecule has 1 nitrogen and oxygen atoms in total. The minimum absolute atomic E-state index is 0.268. The molecular weight excluding hydrogens is 186 g/mol. The average Bonchev–Trinajstić information content (AvgIpc) is 1.84. The molecule has 0 aromatic rings. The number of hydrogen-bond donors (Lipinski definition) is 0. The highest BCUT2D eigenvalue weighted by atomic mass is 35.5. The average molecular weight is 194 g/mol. The maximum absolute atomic E-state index is 5.55. The zero-order chi connectivity index (χ0) is 6.57. The van der Waals surface area contributed by atoms with Crippen LogP contribution in [0, 0.1) is 0 Å². The first-order valence-electron chi connectivity index (χ1n) is 2.09. The Balaban J connectivity index is 3.29. The third-order valence-electron chi connectivity index (χ3n) is 0.657. The van der Waals surface area contributed by atoms with Crippen molar-refractivity contribution in [2.75, 3.05) is 5.88 Å². The predicted octanol–water partition coefficient (Wildman–Crippen LogP) is 0.694. The Bertz CT molecular complexity index is 54.5. The van der Waals surface area contributed by atoms with E-state index in [2.05, 4.69) is 0 Å². The summed E-state index contributed by atoms with van der Waals surface area (Å²) in [5.74, 6) is 0.331. The Morgan fingerprint density at radius 3 is 2.12 bits per heavy atom. The van der Waals surface area contributed by atoms with E-state index in [0.29, 0.717) is 16.4 Å². The van der Waals surface area contributed by atoms with E-state index < -0.39 is 5.56 Å². The third kappa shape index (κ3) is 3.15. The summed E-state index contributed by atoms with van der Waals surface area (Å²) in [6, 6.07) is 0. The Morgan fingerprint density at radius 2 is 2.00 bits per heavy atom. The van der Waals surface area contributed by atoms with Gasteiger partial charge in [0, 0.05) is 5.88 Å². The van der Waals surface area contributed by atoms with Gasteiger partial charge in [0.1, 0.15) is 16.0 Å². The van der Waals surface area contributed by atoms with Gasteiger partial charge in [0.25, 0.3) is 0 Å². The van der Waals surface area contributed by atoms with Gasteiger partial charge >= 0.3 is 0 Å². The Kier molecular flexibility index (Phi) is 5.52. The standard InChI is InChI=1S/C3H7Cl3OSi/c4-1-2(5)3(6)7-8/h2-3H,1H2,8H3. The molecule has 50 valence electrons. The van der Waals surface area contributed by atoms with Gasteiger partial charge in [0.2, 0.25) is 0 Å². The van der Waals surface area contributed by atoms with Crippen LogP contribution in [0.15, 0.2) is 0 Å². The number of halogens is 3. The second kappa shape index (κ2) is 4.88. The van der Waals surface area contributed by atoms with Gasteiger partial charge < -0.3 is 4.43 Å². The van der Waals surface area contributed by atoms with Crippen molar-refractivity contribution in [3.05, 3.63) is 0 Å². The van der Waals surface area contributed by atoms with Gasteiger partial charge in [-0.25, -0.2) is 0 Å². The monoisotopic (exact) mass is 192 g/mol. The first-order valence-corrected chi connectivity index (χ1v) is 4.31. The molecule has 8 heavy (non-hydrogen) atoms. The molecule has 0 aromatic heterocycles. The summed E-state index contributed by atoms with van der Waals surface area (Å²) in [6.07, 6.45) is 0. The van der Waals surface area contributed by atoms with Crippen LogP contribution in [0.5, 0.6) is 0 Å². The van der Waals surface area contributed by atoms with E-state index >= 15 is 0 Å². The van der Waals surface area contributed by atoms with Gasteiger partial charge in [-0.2, -0.15) is 0 Å². The van der Waals surface area contributed by atoms with Crippen molar-refractivity contribution < 1.29 is 4.43 Å². The van der Waals surface area contributed by atoms with Crippen molar-refractivity contribution in [3.63, 3.8) is 0 Å². The molecule has 0 aromatic carbocycles. The molecule has 0 aliphatic rings. The van der Waals surface area contributed by atoms with Gasteiger partial charge in [-0.15, -0.1) is 23.2 Å². The fourth-order valence-corrected chi connectivity index (χ4v) is 1.16. The molecule has 2 atom stereocenters. The van der Waals surface area contributed by atoms with Crippen molar-refractivity contribution in [3.8, 4) is 0 Å². The largest absolute Gasteiger partial charge is 0.411 e. The van der Waals surface area contributed by atoms with E-state index in [1.165, 1.54) is 0 Å². The molecule has 0 amide bonds. The summed E-state index contributed by atoms with van der Waals surface area (Å²) < 4.78 is 4.79. The quantitative estimate of drug-likeness (QED) is 0.474. The van der Waals surface area contributed by atoms with Gasteiger partial charge in [0.15, 0.2) is 0 Å². The van der Waals surface area contributed by atoms with Gasteiger partial charge in [0.05, 0.1) is 5.38 Å². The van der Waals surface area contributed by atoms with Crippen LogP contribution in [-0.4, -0.2) is 27.3 Å². The summed E-state index contributed by atoms with van der Waals surface area (Å²) in [5, 5.41) is -0.268. The molecule has 0 N–H and O–H groups in total. The molecule has 0 bridgehead atoms. The zero-order valence-corrected chi connectivity index (χ0v) is 8.67. The molecule has 0 saturated carbocycles. The number of rotatable bonds is 3. The highest BCUT2D eigenvalue weighted by molar-refractivity contribution is 6.33. The van der Waals surface area contributed by atoms with E-state index in [0.717, 1.165) is 0 Å².